The molecule has 0 aliphatic heterocycles. The first-order valence-corrected chi connectivity index (χ1v) is 15.3. The quantitative estimate of drug-likeness (QED) is 0.246. The van der Waals surface area contributed by atoms with Crippen molar-refractivity contribution in [2.45, 2.75) is 44.6 Å². The summed E-state index contributed by atoms with van der Waals surface area (Å²) in [5.74, 6) is 1.64. The van der Waals surface area contributed by atoms with Crippen LogP contribution in [-0.2, 0) is 24.8 Å². The molecule has 228 valence electrons. The molecule has 0 radical (unpaired) electrons. The zero-order valence-corrected chi connectivity index (χ0v) is 25.8. The summed E-state index contributed by atoms with van der Waals surface area (Å²) < 4.78 is 1.77. The molecule has 1 amide bonds. The average molecular weight is 592 g/mol. The van der Waals surface area contributed by atoms with Crippen molar-refractivity contribution in [2.75, 3.05) is 32.5 Å². The molecule has 0 saturated heterocycles. The number of likely N-dealkylation sites (N-methyl/N-ethyl adjacent to an activating group) is 1. The number of carbonyl (C=O) groups is 1. The summed E-state index contributed by atoms with van der Waals surface area (Å²) in [5, 5.41) is 20.3. The molecule has 10 nitrogen and oxygen atoms in total. The van der Waals surface area contributed by atoms with Gasteiger partial charge in [-0.2, -0.15) is 10.4 Å². The number of rotatable bonds is 12. The maximum atomic E-state index is 13.8. The third kappa shape index (κ3) is 8.05. The van der Waals surface area contributed by atoms with E-state index in [0.29, 0.717) is 30.4 Å². The molecule has 3 heterocycles. The molecule has 1 aliphatic rings. The Morgan fingerprint density at radius 1 is 1.05 bits per heavy atom. The maximum absolute atomic E-state index is 13.8. The van der Waals surface area contributed by atoms with Crippen LogP contribution in [0.4, 0.5) is 5.82 Å². The average Bonchev–Trinajstić information content (AvgIpc) is 3.48. The summed E-state index contributed by atoms with van der Waals surface area (Å²) in [6, 6.07) is 16.2. The van der Waals surface area contributed by atoms with Gasteiger partial charge in [-0.15, -0.1) is 0 Å². The normalized spacial score (nSPS) is 17.2. The molecule has 2 N–H and O–H groups in total. The number of aryl methyl sites for hydroxylation is 1. The summed E-state index contributed by atoms with van der Waals surface area (Å²) in [6.45, 7) is 2.03. The Morgan fingerprint density at radius 2 is 1.84 bits per heavy atom. The van der Waals surface area contributed by atoms with Crippen LogP contribution in [-0.4, -0.2) is 62.7 Å². The van der Waals surface area contributed by atoms with Gasteiger partial charge in [0.2, 0.25) is 5.91 Å². The van der Waals surface area contributed by atoms with Gasteiger partial charge in [0.25, 0.3) is 0 Å². The summed E-state index contributed by atoms with van der Waals surface area (Å²) >= 11 is 0. The van der Waals surface area contributed by atoms with Crippen LogP contribution < -0.4 is 10.6 Å². The highest BCUT2D eigenvalue weighted by Gasteiger charge is 2.34. The zero-order valence-electron chi connectivity index (χ0n) is 25.8. The van der Waals surface area contributed by atoms with Gasteiger partial charge in [0, 0.05) is 56.6 Å². The minimum Gasteiger partial charge on any atom is -0.368 e. The minimum atomic E-state index is -0.332. The molecule has 1 fully saturated rings. The molecule has 1 saturated carbocycles. The summed E-state index contributed by atoms with van der Waals surface area (Å²) in [4.78, 5) is 29.9. The van der Waals surface area contributed by atoms with Crippen LogP contribution in [0.3, 0.4) is 0 Å². The smallest absolute Gasteiger partial charge is 0.229 e. The Bertz CT molecular complexity index is 1550. The molecule has 0 bridgehead atoms. The second-order valence-corrected chi connectivity index (χ2v) is 11.9. The fourth-order valence-electron chi connectivity index (χ4n) is 5.93. The van der Waals surface area contributed by atoms with Gasteiger partial charge in [0.15, 0.2) is 0 Å². The van der Waals surface area contributed by atoms with E-state index >= 15 is 0 Å². The molecule has 5 rings (SSSR count). The lowest BCUT2D eigenvalue weighted by Crippen LogP contribution is -2.35. The molecule has 1 unspecified atom stereocenters. The Labute approximate surface area is 259 Å². The molecular formula is C34H41N9O. The number of hydrogen-bond donors (Lipinski definition) is 2. The van der Waals surface area contributed by atoms with Gasteiger partial charge in [0.1, 0.15) is 23.3 Å². The largest absolute Gasteiger partial charge is 0.368 e. The van der Waals surface area contributed by atoms with Crippen LogP contribution in [0, 0.1) is 23.2 Å². The second-order valence-electron chi connectivity index (χ2n) is 11.9. The molecule has 4 aromatic rings. The molecule has 1 atom stereocenters. The van der Waals surface area contributed by atoms with Crippen LogP contribution in [0.2, 0.25) is 0 Å². The number of anilines is 1. The first kappa shape index (κ1) is 30.8. The number of nitrogens with one attached hydrogen (secondary N) is 2. The number of amides is 1. The van der Waals surface area contributed by atoms with Gasteiger partial charge in [-0.05, 0) is 63.2 Å². The number of aromatic nitrogens is 5. The van der Waals surface area contributed by atoms with Crippen molar-refractivity contribution in [1.82, 2.24) is 34.9 Å². The first-order chi connectivity index (χ1) is 21.4. The van der Waals surface area contributed by atoms with E-state index in [0.717, 1.165) is 66.9 Å². The van der Waals surface area contributed by atoms with E-state index in [1.54, 1.807) is 10.9 Å². The maximum Gasteiger partial charge on any atom is 0.229 e. The van der Waals surface area contributed by atoms with Gasteiger partial charge in [-0.25, -0.2) is 9.97 Å². The van der Waals surface area contributed by atoms with Crippen molar-refractivity contribution in [3.63, 3.8) is 0 Å². The van der Waals surface area contributed by atoms with E-state index in [2.05, 4.69) is 31.7 Å². The Kier molecular flexibility index (Phi) is 10.3. The standard InChI is InChI=1S/C34H41N9O/c1-42(2)16-15-36-33-28(18-35)21-38-31(41-33)17-24-9-11-26(12-10-24)32(34(44)39-19-25-7-5-4-6-8-25)30-14-13-27(20-37-30)29-22-40-43(3)23-29/h4-8,13-14,20-24,26,32H,9-12,15-17,19H2,1-3H3,(H,39,44)(H,36,38,41)/t24-,26-,32?. The fourth-order valence-corrected chi connectivity index (χ4v) is 5.93. The zero-order chi connectivity index (χ0) is 30.9. The molecular weight excluding hydrogens is 550 g/mol. The predicted octanol–water partition coefficient (Wildman–Crippen LogP) is 4.57. The van der Waals surface area contributed by atoms with E-state index in [1.807, 2.05) is 82.2 Å². The monoisotopic (exact) mass is 591 g/mol. The number of nitrogens with zero attached hydrogens (tertiary/aromatic N) is 7. The lowest BCUT2D eigenvalue weighted by molar-refractivity contribution is -0.124. The number of benzene rings is 1. The molecule has 1 aromatic carbocycles. The minimum absolute atomic E-state index is 0.0165. The SMILES string of the molecule is CN(C)CCNc1nc(C[C@H]2CC[C@H](C(C(=O)NCc3ccccc3)c3ccc(-c4cnn(C)c4)cn3)CC2)ncc1C#N. The van der Waals surface area contributed by atoms with Crippen LogP contribution in [0.15, 0.2) is 67.3 Å². The van der Waals surface area contributed by atoms with Gasteiger partial charge in [-0.1, -0.05) is 36.4 Å². The highest BCUT2D eigenvalue weighted by molar-refractivity contribution is 5.83. The molecule has 10 heteroatoms. The van der Waals surface area contributed by atoms with Crippen molar-refractivity contribution in [3.8, 4) is 17.2 Å². The summed E-state index contributed by atoms with van der Waals surface area (Å²) in [5.41, 5.74) is 4.31. The van der Waals surface area contributed by atoms with E-state index in [9.17, 15) is 10.1 Å². The van der Waals surface area contributed by atoms with Crippen LogP contribution in [0.1, 0.15) is 54.2 Å². The van der Waals surface area contributed by atoms with Crippen molar-refractivity contribution < 1.29 is 4.79 Å². The van der Waals surface area contributed by atoms with Crippen molar-refractivity contribution in [1.29, 1.82) is 5.26 Å². The predicted molar refractivity (Wildman–Crippen MR) is 170 cm³/mol. The molecule has 0 spiro atoms. The van der Waals surface area contributed by atoms with Gasteiger partial charge in [0.05, 0.1) is 24.0 Å². The van der Waals surface area contributed by atoms with Gasteiger partial charge >= 0.3 is 0 Å². The number of nitriles is 1. The van der Waals surface area contributed by atoms with Crippen LogP contribution >= 0.6 is 0 Å². The van der Waals surface area contributed by atoms with E-state index in [4.69, 9.17) is 9.97 Å². The van der Waals surface area contributed by atoms with Crippen molar-refractivity contribution in [2.24, 2.45) is 18.9 Å². The van der Waals surface area contributed by atoms with E-state index in [1.165, 1.54) is 0 Å². The summed E-state index contributed by atoms with van der Waals surface area (Å²) in [7, 11) is 5.92. The molecule has 44 heavy (non-hydrogen) atoms. The highest BCUT2D eigenvalue weighted by Crippen LogP contribution is 2.39. The van der Waals surface area contributed by atoms with E-state index in [-0.39, 0.29) is 17.7 Å². The number of hydrogen-bond acceptors (Lipinski definition) is 8. The summed E-state index contributed by atoms with van der Waals surface area (Å²) in [6.07, 6.45) is 11.8. The van der Waals surface area contributed by atoms with Gasteiger partial charge in [-0.3, -0.25) is 14.5 Å². The molecule has 3 aromatic heterocycles. The highest BCUT2D eigenvalue weighted by atomic mass is 16.1. The van der Waals surface area contributed by atoms with E-state index < -0.39 is 0 Å². The lowest BCUT2D eigenvalue weighted by atomic mass is 9.73. The van der Waals surface area contributed by atoms with Crippen molar-refractivity contribution in [3.05, 3.63) is 89.9 Å². The fraction of sp³-hybridized carbons (Fsp3) is 0.412. The Balaban J connectivity index is 1.26. The van der Waals surface area contributed by atoms with Crippen molar-refractivity contribution >= 4 is 11.7 Å². The Hall–Kier alpha value is -4.62. The number of pyridine rings is 1. The van der Waals surface area contributed by atoms with Gasteiger partial charge < -0.3 is 15.5 Å². The topological polar surface area (TPSA) is 125 Å². The first-order valence-electron chi connectivity index (χ1n) is 15.3. The lowest BCUT2D eigenvalue weighted by Gasteiger charge is -2.33. The number of carbonyl (C=O) groups excluding carboxylic acids is 1. The third-order valence-corrected chi connectivity index (χ3v) is 8.38. The third-order valence-electron chi connectivity index (χ3n) is 8.38. The molecule has 1 aliphatic carbocycles. The Morgan fingerprint density at radius 3 is 2.50 bits per heavy atom. The van der Waals surface area contributed by atoms with Crippen LogP contribution in [0.25, 0.3) is 11.1 Å². The second kappa shape index (κ2) is 14.7. The van der Waals surface area contributed by atoms with Crippen LogP contribution in [0.5, 0.6) is 0 Å².